The van der Waals surface area contributed by atoms with Crippen molar-refractivity contribution >= 4 is 17.0 Å². The molecule has 0 saturated carbocycles. The Balaban J connectivity index is 1.59. The lowest BCUT2D eigenvalue weighted by molar-refractivity contribution is -0.647. The van der Waals surface area contributed by atoms with E-state index in [0.717, 1.165) is 30.6 Å². The smallest absolute Gasteiger partial charge is 0.300 e. The van der Waals surface area contributed by atoms with Gasteiger partial charge in [-0.25, -0.2) is 4.57 Å². The summed E-state index contributed by atoms with van der Waals surface area (Å²) >= 11 is 0. The maximum atomic E-state index is 5.65. The molecule has 36 heavy (non-hydrogen) atoms. The Kier molecular flexibility index (Phi) is 9.15. The van der Waals surface area contributed by atoms with Crippen LogP contribution in [0.2, 0.25) is 0 Å². The van der Waals surface area contributed by atoms with Gasteiger partial charge in [0, 0.05) is 5.82 Å². The minimum absolute atomic E-state index is 0.373. The van der Waals surface area contributed by atoms with Crippen molar-refractivity contribution in [3.63, 3.8) is 0 Å². The molecule has 6 heteroatoms. The van der Waals surface area contributed by atoms with Crippen LogP contribution in [-0.2, 0) is 18.4 Å². The number of rotatable bonds is 10. The van der Waals surface area contributed by atoms with Crippen LogP contribution in [-0.4, -0.2) is 20.1 Å². The van der Waals surface area contributed by atoms with Gasteiger partial charge in [-0.1, -0.05) is 48.3 Å². The summed E-state index contributed by atoms with van der Waals surface area (Å²) in [5, 5.41) is 0. The molecule has 2 aromatic rings. The summed E-state index contributed by atoms with van der Waals surface area (Å²) in [7, 11) is 2.00. The fraction of sp³-hybridized carbons (Fsp3) is 0.633. The van der Waals surface area contributed by atoms with Gasteiger partial charge in [-0.2, -0.15) is 0 Å². The van der Waals surface area contributed by atoms with E-state index >= 15 is 0 Å². The van der Waals surface area contributed by atoms with Gasteiger partial charge in [-0.05, 0) is 91.9 Å². The Labute approximate surface area is 218 Å². The summed E-state index contributed by atoms with van der Waals surface area (Å²) in [6.45, 7) is 18.4. The minimum Gasteiger partial charge on any atom is -0.407 e. The minimum atomic E-state index is -0.374. The van der Waals surface area contributed by atoms with Crippen molar-refractivity contribution in [1.29, 1.82) is 0 Å². The van der Waals surface area contributed by atoms with Gasteiger partial charge in [0.2, 0.25) is 0 Å². The van der Waals surface area contributed by atoms with Crippen LogP contribution in [0.4, 0.5) is 5.82 Å². The molecular formula is C30H47N5O. The van der Waals surface area contributed by atoms with Crippen LogP contribution in [0, 0.1) is 5.41 Å². The molecule has 0 bridgehead atoms. The van der Waals surface area contributed by atoms with Gasteiger partial charge in [0.05, 0.1) is 25.5 Å². The van der Waals surface area contributed by atoms with Crippen molar-refractivity contribution in [3.8, 4) is 0 Å². The first kappa shape index (κ1) is 28.1. The third-order valence-electron chi connectivity index (χ3n) is 7.25. The summed E-state index contributed by atoms with van der Waals surface area (Å²) in [5.74, 6) is 0.562. The normalized spacial score (nSPS) is 17.2. The van der Waals surface area contributed by atoms with Crippen LogP contribution in [0.25, 0.3) is 16.6 Å². The second-order valence-corrected chi connectivity index (χ2v) is 12.2. The number of hydrogen-bond donors (Lipinski definition) is 0. The Hall–Kier alpha value is -2.47. The summed E-state index contributed by atoms with van der Waals surface area (Å²) < 4.78 is 4.15. The zero-order chi connectivity index (χ0) is 26.5. The molecule has 6 nitrogen and oxygen atoms in total. The first-order valence-corrected chi connectivity index (χ1v) is 13.5. The second-order valence-electron chi connectivity index (χ2n) is 12.2. The molecule has 0 aromatic carbocycles. The number of hydrogen-bond acceptors (Lipinski definition) is 3. The van der Waals surface area contributed by atoms with Crippen LogP contribution in [0.15, 0.2) is 47.1 Å². The van der Waals surface area contributed by atoms with E-state index in [9.17, 15) is 0 Å². The molecule has 0 radical (unpaired) electrons. The topological polar surface area (TPSA) is 57.9 Å². The molecule has 0 fully saturated rings. The van der Waals surface area contributed by atoms with Crippen molar-refractivity contribution in [3.05, 3.63) is 52.6 Å². The fourth-order valence-electron chi connectivity index (χ4n) is 5.14. The molecule has 0 N–H and O–H groups in total. The van der Waals surface area contributed by atoms with Crippen molar-refractivity contribution in [2.24, 2.45) is 12.5 Å². The maximum Gasteiger partial charge on any atom is 0.300 e. The lowest BCUT2D eigenvalue weighted by Crippen LogP contribution is -2.26. The van der Waals surface area contributed by atoms with Crippen LogP contribution < -0.4 is 4.57 Å². The standard InChI is InChI=1S/C30H47N5O/c1-22(15-16-25-24(3)14-11-18-30(25,7)8)12-10-13-23(2)17-19-35-21-34(9)28-26(35)27(31-20-32-28)33-36-29(4,5)6/h12,17,20-21H,10-11,13-16,18-19H2,1-9H3/b22-12+,23-17+. The molecule has 0 saturated heterocycles. The molecule has 3 rings (SSSR count). The third kappa shape index (κ3) is 7.52. The Morgan fingerprint density at radius 3 is 2.58 bits per heavy atom. The van der Waals surface area contributed by atoms with Gasteiger partial charge in [-0.15, -0.1) is 4.98 Å². The van der Waals surface area contributed by atoms with Crippen molar-refractivity contribution in [2.75, 3.05) is 0 Å². The molecule has 2 heterocycles. The van der Waals surface area contributed by atoms with E-state index in [4.69, 9.17) is 4.84 Å². The molecule has 2 aromatic heterocycles. The average Bonchev–Trinajstić information content (AvgIpc) is 3.11. The summed E-state index contributed by atoms with van der Waals surface area (Å²) in [6.07, 6.45) is 16.8. The number of aromatic nitrogens is 4. The molecule has 0 spiro atoms. The van der Waals surface area contributed by atoms with E-state index in [-0.39, 0.29) is 5.60 Å². The molecule has 0 atom stereocenters. The van der Waals surface area contributed by atoms with Gasteiger partial charge >= 0.3 is 5.65 Å². The number of nitrogens with zero attached hydrogens (tertiary/aromatic N) is 5. The SMILES string of the molecule is CC1=C(CC/C(C)=C/CC/C(C)=C/Cn2c[n+](C)c3ncnc([N-]OC(C)(C)C)c32)C(C)(C)CCC1. The summed E-state index contributed by atoms with van der Waals surface area (Å²) in [4.78, 5) is 14.5. The van der Waals surface area contributed by atoms with E-state index in [1.165, 1.54) is 43.3 Å². The van der Waals surface area contributed by atoms with Crippen LogP contribution >= 0.6 is 0 Å². The van der Waals surface area contributed by atoms with E-state index in [2.05, 4.69) is 66.8 Å². The van der Waals surface area contributed by atoms with Crippen LogP contribution in [0.5, 0.6) is 0 Å². The molecule has 1 aliphatic carbocycles. The Morgan fingerprint density at radius 1 is 1.17 bits per heavy atom. The quantitative estimate of drug-likeness (QED) is 0.191. The molecule has 0 amide bonds. The van der Waals surface area contributed by atoms with Crippen molar-refractivity contribution in [2.45, 2.75) is 112 Å². The average molecular weight is 494 g/mol. The lowest BCUT2D eigenvalue weighted by atomic mass is 9.71. The number of aryl methyl sites for hydroxylation is 1. The largest absolute Gasteiger partial charge is 0.407 e. The fourth-order valence-corrected chi connectivity index (χ4v) is 5.14. The molecular weight excluding hydrogens is 446 g/mol. The van der Waals surface area contributed by atoms with Crippen LogP contribution in [0.3, 0.4) is 0 Å². The van der Waals surface area contributed by atoms with Gasteiger partial charge in [-0.3, -0.25) is 4.57 Å². The molecule has 1 aliphatic rings. The zero-order valence-electron chi connectivity index (χ0n) is 24.1. The highest BCUT2D eigenvalue weighted by molar-refractivity contribution is 5.81. The van der Waals surface area contributed by atoms with Gasteiger partial charge in [0.25, 0.3) is 0 Å². The van der Waals surface area contributed by atoms with E-state index in [1.54, 1.807) is 17.5 Å². The highest BCUT2D eigenvalue weighted by Crippen LogP contribution is 2.42. The number of imidazole rings is 1. The number of fused-ring (bicyclic) bond motifs is 1. The van der Waals surface area contributed by atoms with Crippen molar-refractivity contribution < 1.29 is 9.40 Å². The second kappa shape index (κ2) is 11.7. The van der Waals surface area contributed by atoms with E-state index in [1.807, 2.05) is 38.7 Å². The molecule has 0 aliphatic heterocycles. The van der Waals surface area contributed by atoms with E-state index in [0.29, 0.717) is 11.2 Å². The Morgan fingerprint density at radius 2 is 1.89 bits per heavy atom. The summed E-state index contributed by atoms with van der Waals surface area (Å²) in [6, 6.07) is 0. The maximum absolute atomic E-state index is 5.65. The lowest BCUT2D eigenvalue weighted by Gasteiger charge is -2.35. The predicted octanol–water partition coefficient (Wildman–Crippen LogP) is 7.97. The van der Waals surface area contributed by atoms with Crippen LogP contribution in [0.1, 0.15) is 100 Å². The molecule has 198 valence electrons. The zero-order valence-corrected chi connectivity index (χ0v) is 24.1. The third-order valence-corrected chi connectivity index (χ3v) is 7.25. The van der Waals surface area contributed by atoms with E-state index < -0.39 is 0 Å². The van der Waals surface area contributed by atoms with Gasteiger partial charge in [0.15, 0.2) is 11.8 Å². The Bertz CT molecular complexity index is 1140. The molecule has 0 unspecified atom stereocenters. The number of allylic oxidation sites excluding steroid dienone is 6. The monoisotopic (exact) mass is 493 g/mol. The highest BCUT2D eigenvalue weighted by Gasteiger charge is 2.27. The van der Waals surface area contributed by atoms with Gasteiger partial charge < -0.3 is 15.3 Å². The highest BCUT2D eigenvalue weighted by atomic mass is 16.7. The first-order chi connectivity index (χ1) is 16.9. The summed E-state index contributed by atoms with van der Waals surface area (Å²) in [5.41, 5.74) is 12.3. The van der Waals surface area contributed by atoms with Crippen molar-refractivity contribution in [1.82, 2.24) is 14.5 Å². The van der Waals surface area contributed by atoms with Gasteiger partial charge in [0.1, 0.15) is 0 Å². The predicted molar refractivity (Wildman–Crippen MR) is 149 cm³/mol. The first-order valence-electron chi connectivity index (χ1n) is 13.5.